The van der Waals surface area contributed by atoms with Crippen LogP contribution in [0.1, 0.15) is 36.8 Å². The van der Waals surface area contributed by atoms with E-state index in [0.29, 0.717) is 26.3 Å². The summed E-state index contributed by atoms with van der Waals surface area (Å²) in [5.41, 5.74) is 5.49. The number of piperazine rings is 2. The van der Waals surface area contributed by atoms with Crippen LogP contribution in [0.25, 0.3) is 37.2 Å². The third-order valence-electron chi connectivity index (χ3n) is 13.0. The molecule has 3 fully saturated rings. The number of hydrogen-bond acceptors (Lipinski definition) is 9. The number of carbonyl (C=O) groups excluding carboxylic acids is 1. The van der Waals surface area contributed by atoms with Gasteiger partial charge in [0.2, 0.25) is 5.56 Å². The van der Waals surface area contributed by atoms with Crippen LogP contribution in [0.2, 0.25) is 0 Å². The van der Waals surface area contributed by atoms with Crippen molar-refractivity contribution in [3.63, 3.8) is 0 Å². The van der Waals surface area contributed by atoms with Crippen LogP contribution in [0.4, 0.5) is 11.4 Å². The summed E-state index contributed by atoms with van der Waals surface area (Å²) in [5, 5.41) is 17.4. The summed E-state index contributed by atoms with van der Waals surface area (Å²) in [4.78, 5) is 33.0. The number of aromatic hydroxyl groups is 1. The van der Waals surface area contributed by atoms with Crippen LogP contribution >= 0.6 is 121 Å². The van der Waals surface area contributed by atoms with E-state index in [4.69, 9.17) is 9.84 Å². The number of benzene rings is 4. The largest absolute Gasteiger partial charge is 1.00 e. The van der Waals surface area contributed by atoms with Crippen LogP contribution in [-0.2, 0) is 11.2 Å². The molecule has 0 unspecified atom stereocenters. The van der Waals surface area contributed by atoms with Crippen LogP contribution in [0, 0.1) is 0 Å². The Labute approximate surface area is 494 Å². The van der Waals surface area contributed by atoms with Crippen LogP contribution in [0.3, 0.4) is 0 Å². The van der Waals surface area contributed by atoms with Crippen molar-refractivity contribution in [3.05, 3.63) is 135 Å². The zero-order valence-electron chi connectivity index (χ0n) is 38.0. The third kappa shape index (κ3) is 17.0. The molecule has 0 bridgehead atoms. The predicted octanol–water partition coefficient (Wildman–Crippen LogP) is 7.76. The van der Waals surface area contributed by atoms with Gasteiger partial charge in [-0.3, -0.25) is 14.5 Å². The van der Waals surface area contributed by atoms with Gasteiger partial charge in [-0.25, -0.2) is 0 Å². The maximum Gasteiger partial charge on any atom is 0.248 e. The van der Waals surface area contributed by atoms with Crippen molar-refractivity contribution in [2.75, 3.05) is 88.4 Å². The van der Waals surface area contributed by atoms with E-state index < -0.39 is 0 Å². The molecule has 372 valence electrons. The molecule has 69 heavy (non-hydrogen) atoms. The molecule has 2 N–H and O–H groups in total. The van der Waals surface area contributed by atoms with E-state index in [1.165, 1.54) is 88.1 Å². The number of nitrogens with one attached hydrogen (secondary N) is 1. The fourth-order valence-electron chi connectivity index (χ4n) is 9.49. The molecule has 4 aliphatic rings. The number of nitrogens with zero attached hydrogens (tertiary/aromatic N) is 4. The van der Waals surface area contributed by atoms with Crippen molar-refractivity contribution in [2.45, 2.75) is 32.1 Å². The van der Waals surface area contributed by atoms with Gasteiger partial charge in [-0.2, -0.15) is 0 Å². The minimum absolute atomic E-state index is 0. The van der Waals surface area contributed by atoms with Crippen molar-refractivity contribution in [1.29, 1.82) is 0 Å². The maximum absolute atomic E-state index is 11.5. The molecule has 0 atom stereocenters. The summed E-state index contributed by atoms with van der Waals surface area (Å²) < 4.78 is 10.1. The monoisotopic (exact) mass is 1710 g/mol. The van der Waals surface area contributed by atoms with Crippen molar-refractivity contribution in [3.8, 4) is 11.5 Å². The Bertz CT molecular complexity index is 2770. The number of H-pyrrole nitrogens is 1. The molecule has 1 aliphatic carbocycles. The molecule has 0 amide bonds. The van der Waals surface area contributed by atoms with Crippen molar-refractivity contribution in [1.82, 2.24) is 9.88 Å². The number of allylic oxidation sites excluding steroid dienone is 1. The van der Waals surface area contributed by atoms with Gasteiger partial charge in [-0.15, -0.1) is 46.7 Å². The molecule has 7 aromatic rings. The van der Waals surface area contributed by atoms with Crippen LogP contribution < -0.4 is 50.3 Å². The van der Waals surface area contributed by atoms with Gasteiger partial charge in [0.05, 0.1) is 51.4 Å². The minimum Gasteiger partial charge on any atom is -1.00 e. The van der Waals surface area contributed by atoms with E-state index in [9.17, 15) is 9.59 Å². The van der Waals surface area contributed by atoms with E-state index in [-0.39, 0.29) is 58.1 Å². The number of halogens is 7. The fraction of sp³-hybridized carbons (Fsp3) is 0.333. The number of aromatic nitrogens is 1. The number of carbonyl (C=O) groups is 1. The topological polar surface area (TPSA) is 89.1 Å². The summed E-state index contributed by atoms with van der Waals surface area (Å²) >= 11 is 13.2. The quantitative estimate of drug-likeness (QED) is 0.0915. The summed E-state index contributed by atoms with van der Waals surface area (Å²) in [6.45, 7) is 14.2. The summed E-state index contributed by atoms with van der Waals surface area (Å²) in [7, 11) is 0. The smallest absolute Gasteiger partial charge is 0.248 e. The summed E-state index contributed by atoms with van der Waals surface area (Å²) in [5.74, 6) is 1.12. The van der Waals surface area contributed by atoms with Gasteiger partial charge < -0.3 is 46.1 Å². The first-order valence-corrected chi connectivity index (χ1v) is 43.2. The number of anilines is 2. The zero-order valence-corrected chi connectivity index (χ0v) is 54.4. The van der Waals surface area contributed by atoms with Gasteiger partial charge in [-0.05, 0) is 119 Å². The molecular weight excluding hydrogens is 1650 g/mol. The van der Waals surface area contributed by atoms with E-state index >= 15 is 0 Å². The van der Waals surface area contributed by atoms with Gasteiger partial charge in [0.25, 0.3) is 0 Å². The standard InChI is InChI=1S/C25H27N3O2S.C16H21N2S.C10H8O2.BrH.I3.I2.HI/c29-25-9-7-19-6-8-20(18-22(19)26-25)30-16-2-1-11-27-12-14-28(15-13-27)23-4-3-5-24-21(23)10-17-31-24;1-2-10-18(9-1)11-7-17(8-12-18)15-4-3-5-16-14(15)6-13-19-16;11-9-3-1-7-2-4-10(12)6-8(7)5-9;;1-3-2;1-2;/h3-10,17-18H,1-2,11-16H2,(H,26,29);3-6,13H,1-2,7-12H2;1-5,11H,6H2;1H;;;1H/q;+1;;;-1;;/p-1. The molecule has 9 nitrogen and oxygen atoms in total. The number of phenolic OH excluding ortho intramolecular Hbond substituents is 1. The summed E-state index contributed by atoms with van der Waals surface area (Å²) in [6, 6.07) is 32.2. The Morgan fingerprint density at radius 3 is 1.96 bits per heavy atom. The number of hydrogen-bond donors (Lipinski definition) is 2. The number of fused-ring (bicyclic) bond motifs is 4. The molecule has 0 saturated carbocycles. The van der Waals surface area contributed by atoms with Crippen molar-refractivity contribution >= 4 is 175 Å². The van der Waals surface area contributed by atoms with E-state index in [1.54, 1.807) is 30.4 Å². The summed E-state index contributed by atoms with van der Waals surface area (Å²) in [6.07, 6.45) is 8.79. The molecule has 6 heterocycles. The Hall–Kier alpha value is -0.600. The Morgan fingerprint density at radius 2 is 1.32 bits per heavy atom. The first-order valence-electron chi connectivity index (χ1n) is 22.6. The number of quaternary nitrogens is 1. The number of rotatable bonds is 8. The van der Waals surface area contributed by atoms with E-state index in [0.717, 1.165) is 73.3 Å². The Morgan fingerprint density at radius 1 is 0.710 bits per heavy atom. The molecule has 3 saturated heterocycles. The number of aromatic amines is 1. The second-order valence-corrected chi connectivity index (χ2v) is 35.2. The van der Waals surface area contributed by atoms with Gasteiger partial charge in [0, 0.05) is 126 Å². The Kier molecular flexibility index (Phi) is 26.4. The molecule has 18 heteroatoms. The minimum atomic E-state index is -0.0863. The van der Waals surface area contributed by atoms with Crippen molar-refractivity contribution in [2.24, 2.45) is 0 Å². The fourth-order valence-corrected chi connectivity index (χ4v) is 11.1. The number of ether oxygens (including phenoxy) is 1. The van der Waals surface area contributed by atoms with E-state index in [2.05, 4.69) is 153 Å². The van der Waals surface area contributed by atoms with Crippen LogP contribution in [0.5, 0.6) is 11.5 Å². The first kappa shape index (κ1) is 59.3. The van der Waals surface area contributed by atoms with Crippen LogP contribution in [0.15, 0.2) is 119 Å². The van der Waals surface area contributed by atoms with Gasteiger partial charge >= 0.3 is 50.5 Å². The first-order chi connectivity index (χ1) is 32.8. The number of thiophene rings is 2. The second-order valence-electron chi connectivity index (χ2n) is 17.0. The molecule has 3 aromatic heterocycles. The normalized spacial score (nSPS) is 15.9. The average molecular weight is 1710 g/mol. The zero-order chi connectivity index (χ0) is 47.0. The SMILES string of the molecule is I.II.I[I-]I.O=C1C=Cc2ccc(O)cc2C1.O=c1ccc2ccc(OCCCCN3CCN(c4cccc5sccc45)CC3)cc2[nH]1.[Br-].c1cc(N2CC[N+]3(CCCC3)CC2)c2ccsc2c1. The van der Waals surface area contributed by atoms with Gasteiger partial charge in [0.1, 0.15) is 11.5 Å². The van der Waals surface area contributed by atoms with Crippen LogP contribution in [-0.4, -0.2) is 104 Å². The Balaban J connectivity index is 0.000000199. The van der Waals surface area contributed by atoms with E-state index in [1.807, 2.05) is 53.0 Å². The molecular formula is C51H57BrI6N5O4S2-. The molecule has 0 radical (unpaired) electrons. The molecule has 3 aliphatic heterocycles. The third-order valence-corrected chi connectivity index (χ3v) is 14.7. The van der Waals surface area contributed by atoms with Crippen molar-refractivity contribution < 1.29 is 49.4 Å². The molecule has 1 spiro atoms. The number of unbranched alkanes of at least 4 members (excludes halogenated alkanes) is 1. The van der Waals surface area contributed by atoms with Gasteiger partial charge in [0.15, 0.2) is 5.78 Å². The average Bonchev–Trinajstić information content (AvgIpc) is 4.15. The molecule has 11 rings (SSSR count). The number of pyridine rings is 1. The second kappa shape index (κ2) is 30.7. The number of phenols is 1. The number of ketones is 1. The maximum atomic E-state index is 11.5. The van der Waals surface area contributed by atoms with Gasteiger partial charge in [-0.1, -0.05) is 24.3 Å². The molecule has 4 aromatic carbocycles. The predicted molar refractivity (Wildman–Crippen MR) is 330 cm³/mol.